The molecule has 7 unspecified atom stereocenters. The molecule has 1 aliphatic rings. The topological polar surface area (TPSA) is 149 Å². The molecule has 9 nitrogen and oxygen atoms in total. The van der Waals surface area contributed by atoms with E-state index in [4.69, 9.17) is 9.47 Å². The van der Waals surface area contributed by atoms with Crippen LogP contribution in [0.15, 0.2) is 12.2 Å². The van der Waals surface area contributed by atoms with E-state index in [0.717, 1.165) is 32.1 Å². The summed E-state index contributed by atoms with van der Waals surface area (Å²) < 4.78 is 11.0. The zero-order valence-electron chi connectivity index (χ0n) is 33.6. The molecule has 0 spiro atoms. The Kier molecular flexibility index (Phi) is 32.4. The Bertz CT molecular complexity index is 827. The van der Waals surface area contributed by atoms with Crippen molar-refractivity contribution in [3.8, 4) is 0 Å². The first kappa shape index (κ1) is 48.9. The van der Waals surface area contributed by atoms with Crippen molar-refractivity contribution in [1.82, 2.24) is 5.32 Å². The van der Waals surface area contributed by atoms with E-state index < -0.39 is 49.5 Å². The summed E-state index contributed by atoms with van der Waals surface area (Å²) in [4.78, 5) is 12.7. The number of carbonyl (C=O) groups is 1. The SMILES string of the molecule is CCC/C=C/C(O)C(COC1OC(CO)C(O)C(O)C1O)NC(=O)CCCCCCCCCCCCCCCCCCCCCCCCCCCC. The van der Waals surface area contributed by atoms with Gasteiger partial charge in [0.05, 0.1) is 25.4 Å². The van der Waals surface area contributed by atoms with Crippen LogP contribution >= 0.6 is 0 Å². The van der Waals surface area contributed by atoms with E-state index in [2.05, 4.69) is 12.2 Å². The first-order valence-corrected chi connectivity index (χ1v) is 21.9. The van der Waals surface area contributed by atoms with Crippen molar-refractivity contribution in [2.24, 2.45) is 0 Å². The van der Waals surface area contributed by atoms with Crippen LogP contribution in [0.5, 0.6) is 0 Å². The third kappa shape index (κ3) is 25.1. The van der Waals surface area contributed by atoms with Crippen molar-refractivity contribution >= 4 is 5.91 Å². The number of carbonyl (C=O) groups excluding carboxylic acids is 1. The normalized spacial score (nSPS) is 21.9. The summed E-state index contributed by atoms with van der Waals surface area (Å²) in [6, 6.07) is -0.794. The highest BCUT2D eigenvalue weighted by Gasteiger charge is 2.44. The molecule has 6 N–H and O–H groups in total. The van der Waals surface area contributed by atoms with Gasteiger partial charge in [-0.3, -0.25) is 4.79 Å². The number of rotatable bonds is 36. The quantitative estimate of drug-likeness (QED) is 0.0277. The number of unbranched alkanes of at least 4 members (excludes halogenated alkanes) is 26. The Labute approximate surface area is 318 Å². The lowest BCUT2D eigenvalue weighted by molar-refractivity contribution is -0.302. The minimum atomic E-state index is -1.56. The molecule has 9 heteroatoms. The number of hydrogen-bond donors (Lipinski definition) is 6. The molecule has 52 heavy (non-hydrogen) atoms. The minimum absolute atomic E-state index is 0.185. The van der Waals surface area contributed by atoms with Crippen LogP contribution < -0.4 is 5.32 Å². The molecule has 7 atom stereocenters. The fraction of sp³-hybridized carbons (Fsp3) is 0.930. The van der Waals surface area contributed by atoms with Crippen LogP contribution in [0, 0.1) is 0 Å². The van der Waals surface area contributed by atoms with Gasteiger partial charge in [-0.25, -0.2) is 0 Å². The predicted molar refractivity (Wildman–Crippen MR) is 212 cm³/mol. The standard InChI is InChI=1S/C43H83NO8/c1-3-5-7-8-9-10-11-12-13-14-15-16-17-18-19-20-21-22-23-24-25-26-27-28-29-31-33-39(47)44-36(37(46)32-30-6-4-2)35-51-43-42(50)41(49)40(48)38(34-45)52-43/h30,32,36-38,40-43,45-46,48-50H,3-29,31,33-35H2,1-2H3,(H,44,47)/b32-30+. The Hall–Kier alpha value is -1.07. The number of hydrogen-bond acceptors (Lipinski definition) is 8. The fourth-order valence-corrected chi connectivity index (χ4v) is 7.05. The van der Waals surface area contributed by atoms with Crippen molar-refractivity contribution < 1.29 is 39.8 Å². The number of nitrogens with one attached hydrogen (secondary N) is 1. The molecular formula is C43H83NO8. The van der Waals surface area contributed by atoms with Crippen molar-refractivity contribution in [2.45, 2.75) is 243 Å². The van der Waals surface area contributed by atoms with Crippen molar-refractivity contribution in [2.75, 3.05) is 13.2 Å². The third-order valence-electron chi connectivity index (χ3n) is 10.6. The summed E-state index contributed by atoms with van der Waals surface area (Å²) in [5.74, 6) is -0.185. The zero-order chi connectivity index (χ0) is 38.1. The molecule has 1 fully saturated rings. The number of aliphatic hydroxyl groups is 5. The molecule has 0 radical (unpaired) electrons. The van der Waals surface area contributed by atoms with Gasteiger partial charge < -0.3 is 40.3 Å². The Morgan fingerprint density at radius 2 is 1.06 bits per heavy atom. The maximum absolute atomic E-state index is 12.7. The molecule has 0 aromatic rings. The molecule has 0 saturated carbocycles. The van der Waals surface area contributed by atoms with Crippen LogP contribution in [0.2, 0.25) is 0 Å². The van der Waals surface area contributed by atoms with E-state index in [0.29, 0.717) is 6.42 Å². The van der Waals surface area contributed by atoms with E-state index >= 15 is 0 Å². The average Bonchev–Trinajstić information content (AvgIpc) is 3.14. The lowest BCUT2D eigenvalue weighted by Crippen LogP contribution is -2.60. The van der Waals surface area contributed by atoms with E-state index in [1.165, 1.54) is 148 Å². The molecule has 1 aliphatic heterocycles. The highest BCUT2D eigenvalue weighted by atomic mass is 16.7. The maximum Gasteiger partial charge on any atom is 0.220 e. The van der Waals surface area contributed by atoms with Gasteiger partial charge in [-0.1, -0.05) is 193 Å². The van der Waals surface area contributed by atoms with Crippen LogP contribution in [0.4, 0.5) is 0 Å². The first-order valence-electron chi connectivity index (χ1n) is 21.9. The van der Waals surface area contributed by atoms with Gasteiger partial charge in [0.15, 0.2) is 6.29 Å². The number of ether oxygens (including phenoxy) is 2. The second-order valence-corrected chi connectivity index (χ2v) is 15.5. The zero-order valence-corrected chi connectivity index (χ0v) is 33.6. The van der Waals surface area contributed by atoms with E-state index in [9.17, 15) is 30.3 Å². The summed E-state index contributed by atoms with van der Waals surface area (Å²) in [5, 5.41) is 53.3. The Balaban J connectivity index is 2.03. The Morgan fingerprint density at radius 3 is 1.46 bits per heavy atom. The van der Waals surface area contributed by atoms with Crippen LogP contribution in [-0.2, 0) is 14.3 Å². The molecular weight excluding hydrogens is 658 g/mol. The largest absolute Gasteiger partial charge is 0.394 e. The maximum atomic E-state index is 12.7. The minimum Gasteiger partial charge on any atom is -0.394 e. The molecule has 1 rings (SSSR count). The van der Waals surface area contributed by atoms with E-state index in [-0.39, 0.29) is 12.5 Å². The summed E-state index contributed by atoms with van der Waals surface area (Å²) in [5.41, 5.74) is 0. The van der Waals surface area contributed by atoms with Gasteiger partial charge in [0, 0.05) is 6.42 Å². The first-order chi connectivity index (χ1) is 25.3. The monoisotopic (exact) mass is 742 g/mol. The summed E-state index contributed by atoms with van der Waals surface area (Å²) >= 11 is 0. The third-order valence-corrected chi connectivity index (χ3v) is 10.6. The molecule has 1 amide bonds. The van der Waals surface area contributed by atoms with Gasteiger partial charge in [-0.05, 0) is 12.8 Å². The smallest absolute Gasteiger partial charge is 0.220 e. The van der Waals surface area contributed by atoms with E-state index in [1.807, 2.05) is 13.0 Å². The molecule has 1 saturated heterocycles. The van der Waals surface area contributed by atoms with Gasteiger partial charge in [-0.15, -0.1) is 0 Å². The molecule has 0 aromatic carbocycles. The van der Waals surface area contributed by atoms with Crippen LogP contribution in [0.25, 0.3) is 0 Å². The van der Waals surface area contributed by atoms with Gasteiger partial charge in [0.25, 0.3) is 0 Å². The molecule has 1 heterocycles. The summed E-state index contributed by atoms with van der Waals surface area (Å²) in [6.45, 7) is 3.56. The molecule has 0 aromatic heterocycles. The highest BCUT2D eigenvalue weighted by molar-refractivity contribution is 5.76. The van der Waals surface area contributed by atoms with Gasteiger partial charge in [0.1, 0.15) is 24.4 Å². The lowest BCUT2D eigenvalue weighted by Gasteiger charge is -2.40. The fourth-order valence-electron chi connectivity index (χ4n) is 7.05. The summed E-state index contributed by atoms with van der Waals surface area (Å²) in [7, 11) is 0. The van der Waals surface area contributed by atoms with Gasteiger partial charge in [0.2, 0.25) is 5.91 Å². The number of amides is 1. The van der Waals surface area contributed by atoms with Crippen molar-refractivity contribution in [3.05, 3.63) is 12.2 Å². The van der Waals surface area contributed by atoms with Crippen LogP contribution in [0.3, 0.4) is 0 Å². The average molecular weight is 742 g/mol. The predicted octanol–water partition coefficient (Wildman–Crippen LogP) is 8.56. The highest BCUT2D eigenvalue weighted by Crippen LogP contribution is 2.23. The van der Waals surface area contributed by atoms with Crippen molar-refractivity contribution in [3.63, 3.8) is 0 Å². The molecule has 0 bridgehead atoms. The number of allylic oxidation sites excluding steroid dienone is 1. The summed E-state index contributed by atoms with van der Waals surface area (Å²) in [6.07, 6.45) is 32.3. The van der Waals surface area contributed by atoms with Crippen LogP contribution in [0.1, 0.15) is 200 Å². The molecule has 308 valence electrons. The van der Waals surface area contributed by atoms with Crippen molar-refractivity contribution in [1.29, 1.82) is 0 Å². The van der Waals surface area contributed by atoms with Crippen LogP contribution in [-0.4, -0.2) is 87.5 Å². The second-order valence-electron chi connectivity index (χ2n) is 15.5. The Morgan fingerprint density at radius 1 is 0.635 bits per heavy atom. The van der Waals surface area contributed by atoms with E-state index in [1.54, 1.807) is 6.08 Å². The molecule has 0 aliphatic carbocycles. The lowest BCUT2D eigenvalue weighted by atomic mass is 9.99. The van der Waals surface area contributed by atoms with Gasteiger partial charge in [-0.2, -0.15) is 0 Å². The second kappa shape index (κ2) is 34.4. The van der Waals surface area contributed by atoms with Gasteiger partial charge >= 0.3 is 0 Å². The number of aliphatic hydroxyl groups excluding tert-OH is 5.